The van der Waals surface area contributed by atoms with Crippen LogP contribution in [0.2, 0.25) is 0 Å². The van der Waals surface area contributed by atoms with Crippen molar-refractivity contribution in [2.45, 2.75) is 37.7 Å². The molecule has 0 atom stereocenters. The van der Waals surface area contributed by atoms with Crippen LogP contribution in [-0.2, 0) is 5.60 Å². The minimum absolute atomic E-state index is 0. The standard InChI is InChI=1S/C21H26NO.ClH.Mg/c23-21(19-11-4-1-5-12-19,20-13-6-2-7-14-20)15-10-18-22-16-8-3-9-17-22;;/h1-2,4-7,11-14H,3,8-10,15-18H2;1H;/q-1;;+2/p-1. The first-order valence-electron chi connectivity index (χ1n) is 8.83. The number of hydrogen-bond acceptors (Lipinski definition) is 2. The molecular weight excluding hydrogens is 342 g/mol. The predicted molar refractivity (Wildman–Crippen MR) is 98.9 cm³/mol. The molecule has 0 bridgehead atoms. The van der Waals surface area contributed by atoms with Gasteiger partial charge in [-0.25, -0.2) is 0 Å². The number of benzene rings is 2. The van der Waals surface area contributed by atoms with Gasteiger partial charge in [0.05, 0.1) is 0 Å². The van der Waals surface area contributed by atoms with E-state index < -0.39 is 5.60 Å². The predicted octanol–water partition coefficient (Wildman–Crippen LogP) is 0.180. The van der Waals surface area contributed by atoms with Gasteiger partial charge in [-0.05, 0) is 38.9 Å². The molecule has 2 aromatic carbocycles. The molecule has 0 spiro atoms. The van der Waals surface area contributed by atoms with Crippen molar-refractivity contribution in [1.29, 1.82) is 0 Å². The van der Waals surface area contributed by atoms with Crippen LogP contribution in [0.25, 0.3) is 0 Å². The Morgan fingerprint density at radius 3 is 1.76 bits per heavy atom. The fraction of sp³-hybridized carbons (Fsp3) is 0.429. The molecule has 1 aliphatic rings. The van der Waals surface area contributed by atoms with Crippen molar-refractivity contribution in [3.05, 3.63) is 71.8 Å². The number of nitrogens with zero attached hydrogens (tertiary/aromatic N) is 1. The second-order valence-corrected chi connectivity index (χ2v) is 6.56. The van der Waals surface area contributed by atoms with Crippen LogP contribution in [0.1, 0.15) is 43.2 Å². The minimum atomic E-state index is -1.14. The summed E-state index contributed by atoms with van der Waals surface area (Å²) in [5.41, 5.74) is 0.618. The van der Waals surface area contributed by atoms with E-state index in [0.29, 0.717) is 6.42 Å². The molecule has 0 radical (unpaired) electrons. The van der Waals surface area contributed by atoms with E-state index in [9.17, 15) is 5.11 Å². The van der Waals surface area contributed by atoms with Gasteiger partial charge in [0, 0.05) is 0 Å². The molecule has 3 rings (SSSR count). The third kappa shape index (κ3) is 5.97. The van der Waals surface area contributed by atoms with E-state index >= 15 is 0 Å². The van der Waals surface area contributed by atoms with E-state index in [1.54, 1.807) is 0 Å². The van der Waals surface area contributed by atoms with Gasteiger partial charge in [-0.15, -0.1) is 0 Å². The van der Waals surface area contributed by atoms with Crippen molar-refractivity contribution < 1.29 is 17.5 Å². The molecule has 130 valence electrons. The summed E-state index contributed by atoms with van der Waals surface area (Å²) >= 11 is 0. The first-order valence-corrected chi connectivity index (χ1v) is 8.83. The third-order valence-electron chi connectivity index (χ3n) is 4.93. The quantitative estimate of drug-likeness (QED) is 0.681. The monoisotopic (exact) mass is 367 g/mol. The van der Waals surface area contributed by atoms with Crippen molar-refractivity contribution in [3.8, 4) is 0 Å². The largest absolute Gasteiger partial charge is 2.00 e. The van der Waals surface area contributed by atoms with Gasteiger partial charge in [-0.2, -0.15) is 0 Å². The number of piperidine rings is 1. The third-order valence-corrected chi connectivity index (χ3v) is 4.93. The van der Waals surface area contributed by atoms with Gasteiger partial charge in [-0.1, -0.05) is 90.2 Å². The Morgan fingerprint density at radius 1 is 0.800 bits per heavy atom. The first kappa shape index (κ1) is 22.5. The Morgan fingerprint density at radius 2 is 1.28 bits per heavy atom. The molecule has 2 aromatic rings. The molecule has 4 heteroatoms. The Bertz CT molecular complexity index is 548. The van der Waals surface area contributed by atoms with E-state index in [2.05, 4.69) is 4.90 Å². The Balaban J connectivity index is 0.00000156. The van der Waals surface area contributed by atoms with Gasteiger partial charge in [0.25, 0.3) is 0 Å². The SMILES string of the molecule is [Cl-].[Mg+2].[O-]C(CCCN1CCCCC1)(c1ccccc1)c1ccccc1. The summed E-state index contributed by atoms with van der Waals surface area (Å²) in [5, 5.41) is 13.7. The van der Waals surface area contributed by atoms with Gasteiger partial charge in [0.1, 0.15) is 0 Å². The van der Waals surface area contributed by atoms with E-state index in [1.807, 2.05) is 60.7 Å². The van der Waals surface area contributed by atoms with Gasteiger partial charge >= 0.3 is 23.1 Å². The number of halogens is 1. The van der Waals surface area contributed by atoms with Crippen molar-refractivity contribution in [2.75, 3.05) is 19.6 Å². The van der Waals surface area contributed by atoms with Crippen LogP contribution in [0.15, 0.2) is 60.7 Å². The molecular formula is C21H26ClMgNO. The number of hydrogen-bond donors (Lipinski definition) is 0. The van der Waals surface area contributed by atoms with E-state index in [-0.39, 0.29) is 35.5 Å². The van der Waals surface area contributed by atoms with E-state index in [1.165, 1.54) is 32.4 Å². The molecule has 1 saturated heterocycles. The maximum absolute atomic E-state index is 13.7. The van der Waals surface area contributed by atoms with Crippen molar-refractivity contribution in [2.24, 2.45) is 0 Å². The smallest absolute Gasteiger partial charge is 1.00 e. The summed E-state index contributed by atoms with van der Waals surface area (Å²) in [6, 6.07) is 19.7. The van der Waals surface area contributed by atoms with E-state index in [4.69, 9.17) is 0 Å². The van der Waals surface area contributed by atoms with Gasteiger partial charge in [-0.3, -0.25) is 0 Å². The van der Waals surface area contributed by atoms with E-state index in [0.717, 1.165) is 24.1 Å². The molecule has 0 amide bonds. The zero-order chi connectivity index (χ0) is 16.0. The summed E-state index contributed by atoms with van der Waals surface area (Å²) in [4.78, 5) is 2.51. The van der Waals surface area contributed by atoms with Crippen LogP contribution in [0.5, 0.6) is 0 Å². The summed E-state index contributed by atoms with van der Waals surface area (Å²) in [7, 11) is 0. The second kappa shape index (κ2) is 11.2. The van der Waals surface area contributed by atoms with Crippen molar-refractivity contribution in [1.82, 2.24) is 4.90 Å². The van der Waals surface area contributed by atoms with Crippen molar-refractivity contribution in [3.63, 3.8) is 0 Å². The molecule has 0 unspecified atom stereocenters. The maximum atomic E-state index is 13.7. The van der Waals surface area contributed by atoms with Crippen molar-refractivity contribution >= 4 is 23.1 Å². The zero-order valence-corrected chi connectivity index (χ0v) is 17.0. The average Bonchev–Trinajstić information content (AvgIpc) is 2.64. The summed E-state index contributed by atoms with van der Waals surface area (Å²) in [6.45, 7) is 3.44. The molecule has 0 aliphatic carbocycles. The number of likely N-dealkylation sites (tertiary alicyclic amines) is 1. The molecule has 25 heavy (non-hydrogen) atoms. The molecule has 0 saturated carbocycles. The summed E-state index contributed by atoms with van der Waals surface area (Å²) in [5.74, 6) is 0. The first-order chi connectivity index (χ1) is 11.3. The Labute approximate surface area is 174 Å². The van der Waals surface area contributed by atoms with Crippen LogP contribution in [0.3, 0.4) is 0 Å². The minimum Gasteiger partial charge on any atom is -1.00 e. The molecule has 1 aliphatic heterocycles. The molecule has 0 aromatic heterocycles. The van der Waals surface area contributed by atoms with Crippen LogP contribution >= 0.6 is 0 Å². The van der Waals surface area contributed by atoms with Crippen LogP contribution in [-0.4, -0.2) is 47.6 Å². The maximum Gasteiger partial charge on any atom is 2.00 e. The molecule has 2 nitrogen and oxygen atoms in total. The second-order valence-electron chi connectivity index (χ2n) is 6.56. The van der Waals surface area contributed by atoms with Gasteiger partial charge in [0.2, 0.25) is 0 Å². The van der Waals surface area contributed by atoms with Gasteiger partial charge < -0.3 is 22.4 Å². The summed E-state index contributed by atoms with van der Waals surface area (Å²) in [6.07, 6.45) is 5.57. The normalized spacial score (nSPS) is 15.1. The molecule has 1 fully saturated rings. The van der Waals surface area contributed by atoms with Crippen LogP contribution in [0.4, 0.5) is 0 Å². The Hall–Kier alpha value is -0.584. The fourth-order valence-electron chi connectivity index (χ4n) is 3.60. The van der Waals surface area contributed by atoms with Crippen LogP contribution < -0.4 is 17.5 Å². The molecule has 0 N–H and O–H groups in total. The topological polar surface area (TPSA) is 26.3 Å². The Kier molecular flexibility index (Phi) is 10.1. The zero-order valence-electron chi connectivity index (χ0n) is 14.9. The number of rotatable bonds is 6. The molecule has 1 heterocycles. The van der Waals surface area contributed by atoms with Gasteiger partial charge in [0.15, 0.2) is 0 Å². The van der Waals surface area contributed by atoms with Crippen LogP contribution in [0, 0.1) is 0 Å². The fourth-order valence-corrected chi connectivity index (χ4v) is 3.60. The average molecular weight is 368 g/mol. The summed E-state index contributed by atoms with van der Waals surface area (Å²) < 4.78 is 0.